The Morgan fingerprint density at radius 1 is 1.04 bits per heavy atom. The van der Waals surface area contributed by atoms with E-state index in [1.165, 1.54) is 5.69 Å². The Morgan fingerprint density at radius 3 is 2.28 bits per heavy atom. The number of halogens is 1. The van der Waals surface area contributed by atoms with Crippen LogP contribution in [-0.2, 0) is 4.79 Å². The number of amides is 1. The van der Waals surface area contributed by atoms with Crippen molar-refractivity contribution >= 4 is 35.0 Å². The van der Waals surface area contributed by atoms with Crippen LogP contribution in [0.5, 0.6) is 0 Å². The number of benzene rings is 2. The second kappa shape index (κ2) is 8.63. The molecule has 0 aliphatic carbocycles. The minimum absolute atomic E-state index is 0.0375. The third-order valence-corrected chi connectivity index (χ3v) is 6.07. The summed E-state index contributed by atoms with van der Waals surface area (Å²) < 4.78 is 0. The van der Waals surface area contributed by atoms with Gasteiger partial charge in [-0.05, 0) is 42.8 Å². The minimum Gasteiger partial charge on any atom is -0.368 e. The van der Waals surface area contributed by atoms with Gasteiger partial charge in [0.05, 0.1) is 5.25 Å². The quantitative estimate of drug-likeness (QED) is 0.717. The van der Waals surface area contributed by atoms with Gasteiger partial charge >= 0.3 is 0 Å². The van der Waals surface area contributed by atoms with Crippen molar-refractivity contribution in [3.8, 4) is 0 Å². The third-order valence-electron chi connectivity index (χ3n) is 4.45. The van der Waals surface area contributed by atoms with Crippen LogP contribution in [0.15, 0.2) is 59.5 Å². The van der Waals surface area contributed by atoms with Gasteiger partial charge in [-0.15, -0.1) is 11.8 Å². The van der Waals surface area contributed by atoms with E-state index in [-0.39, 0.29) is 11.2 Å². The Morgan fingerprint density at radius 2 is 1.68 bits per heavy atom. The second-order valence-corrected chi connectivity index (χ2v) is 7.83. The lowest BCUT2D eigenvalue weighted by atomic mass is 10.2. The standard InChI is InChI=1S/C20H23ClN2OS/c1-2-19(25-18-10-8-16(21)9-11-18)20(24)23-14-12-22(13-15-23)17-6-4-3-5-7-17/h3-11,19H,2,12-15H2,1H3. The smallest absolute Gasteiger partial charge is 0.236 e. The predicted octanol–water partition coefficient (Wildman–Crippen LogP) is 4.56. The molecule has 2 aromatic carbocycles. The number of thioether (sulfide) groups is 1. The summed E-state index contributed by atoms with van der Waals surface area (Å²) in [6.45, 7) is 5.41. The molecule has 5 heteroatoms. The van der Waals surface area contributed by atoms with Gasteiger partial charge in [-0.2, -0.15) is 0 Å². The van der Waals surface area contributed by atoms with Crippen molar-refractivity contribution in [3.05, 3.63) is 59.6 Å². The fourth-order valence-electron chi connectivity index (χ4n) is 3.01. The Kier molecular flexibility index (Phi) is 6.27. The largest absolute Gasteiger partial charge is 0.368 e. The van der Waals surface area contributed by atoms with Crippen LogP contribution >= 0.6 is 23.4 Å². The van der Waals surface area contributed by atoms with Crippen LogP contribution < -0.4 is 4.90 Å². The van der Waals surface area contributed by atoms with Gasteiger partial charge in [0.15, 0.2) is 0 Å². The van der Waals surface area contributed by atoms with Crippen molar-refractivity contribution in [2.75, 3.05) is 31.1 Å². The predicted molar refractivity (Wildman–Crippen MR) is 107 cm³/mol. The fraction of sp³-hybridized carbons (Fsp3) is 0.350. The molecule has 1 aliphatic heterocycles. The Bertz CT molecular complexity index is 685. The van der Waals surface area contributed by atoms with E-state index < -0.39 is 0 Å². The van der Waals surface area contributed by atoms with Crippen molar-refractivity contribution in [2.45, 2.75) is 23.5 Å². The van der Waals surface area contributed by atoms with E-state index in [0.717, 1.165) is 42.5 Å². The summed E-state index contributed by atoms with van der Waals surface area (Å²) in [5, 5.41) is 0.685. The summed E-state index contributed by atoms with van der Waals surface area (Å²) in [4.78, 5) is 18.3. The Balaban J connectivity index is 1.57. The average Bonchev–Trinajstić information content (AvgIpc) is 2.68. The highest BCUT2D eigenvalue weighted by Crippen LogP contribution is 2.28. The average molecular weight is 375 g/mol. The number of anilines is 1. The molecule has 2 aromatic rings. The maximum Gasteiger partial charge on any atom is 0.236 e. The van der Waals surface area contributed by atoms with Crippen LogP contribution in [0, 0.1) is 0 Å². The first-order chi connectivity index (χ1) is 12.2. The number of carbonyl (C=O) groups excluding carboxylic acids is 1. The summed E-state index contributed by atoms with van der Waals surface area (Å²) in [5.41, 5.74) is 1.23. The summed E-state index contributed by atoms with van der Waals surface area (Å²) in [5.74, 6) is 0.246. The van der Waals surface area contributed by atoms with Gasteiger partial charge in [0, 0.05) is 41.8 Å². The van der Waals surface area contributed by atoms with E-state index in [2.05, 4.69) is 36.1 Å². The van der Waals surface area contributed by atoms with E-state index in [1.807, 2.05) is 35.2 Å². The molecule has 0 aromatic heterocycles. The van der Waals surface area contributed by atoms with Crippen molar-refractivity contribution < 1.29 is 4.79 Å². The van der Waals surface area contributed by atoms with Gasteiger partial charge in [0.2, 0.25) is 5.91 Å². The SMILES string of the molecule is CCC(Sc1ccc(Cl)cc1)C(=O)N1CCN(c2ccccc2)CC1. The minimum atomic E-state index is -0.0375. The summed E-state index contributed by atoms with van der Waals surface area (Å²) in [6, 6.07) is 18.1. The monoisotopic (exact) mass is 374 g/mol. The highest BCUT2D eigenvalue weighted by molar-refractivity contribution is 8.00. The van der Waals surface area contributed by atoms with Crippen LogP contribution in [0.1, 0.15) is 13.3 Å². The molecule has 0 radical (unpaired) electrons. The first-order valence-corrected chi connectivity index (χ1v) is 9.94. The molecule has 25 heavy (non-hydrogen) atoms. The van der Waals surface area contributed by atoms with E-state index in [9.17, 15) is 4.79 Å². The van der Waals surface area contributed by atoms with E-state index in [1.54, 1.807) is 11.8 Å². The third kappa shape index (κ3) is 4.71. The van der Waals surface area contributed by atoms with Crippen LogP contribution in [0.25, 0.3) is 0 Å². The molecule has 1 amide bonds. The Hall–Kier alpha value is -1.65. The van der Waals surface area contributed by atoms with Crippen LogP contribution in [0.4, 0.5) is 5.69 Å². The molecule has 132 valence electrons. The zero-order chi connectivity index (χ0) is 17.6. The van der Waals surface area contributed by atoms with Crippen molar-refractivity contribution in [2.24, 2.45) is 0 Å². The highest BCUT2D eigenvalue weighted by Gasteiger charge is 2.27. The molecule has 0 bridgehead atoms. The van der Waals surface area contributed by atoms with Gasteiger partial charge < -0.3 is 9.80 Å². The van der Waals surface area contributed by atoms with Crippen molar-refractivity contribution in [3.63, 3.8) is 0 Å². The number of piperazine rings is 1. The van der Waals surface area contributed by atoms with Crippen LogP contribution in [0.3, 0.4) is 0 Å². The molecule has 1 aliphatic rings. The second-order valence-electron chi connectivity index (χ2n) is 6.12. The zero-order valence-electron chi connectivity index (χ0n) is 14.4. The fourth-order valence-corrected chi connectivity index (χ4v) is 4.18. The first kappa shape index (κ1) is 18.2. The molecule has 1 atom stereocenters. The number of hydrogen-bond acceptors (Lipinski definition) is 3. The molecule has 3 rings (SSSR count). The maximum atomic E-state index is 12.9. The molecule has 1 fully saturated rings. The van der Waals surface area contributed by atoms with Crippen molar-refractivity contribution in [1.82, 2.24) is 4.90 Å². The summed E-state index contributed by atoms with van der Waals surface area (Å²) in [6.07, 6.45) is 0.824. The molecular weight excluding hydrogens is 352 g/mol. The maximum absolute atomic E-state index is 12.9. The van der Waals surface area contributed by atoms with E-state index in [4.69, 9.17) is 11.6 Å². The summed E-state index contributed by atoms with van der Waals surface area (Å²) in [7, 11) is 0. The normalized spacial score (nSPS) is 15.9. The molecule has 1 heterocycles. The first-order valence-electron chi connectivity index (χ1n) is 8.68. The lowest BCUT2D eigenvalue weighted by Crippen LogP contribution is -2.51. The topological polar surface area (TPSA) is 23.6 Å². The molecule has 0 spiro atoms. The van der Waals surface area contributed by atoms with Gasteiger partial charge in [-0.1, -0.05) is 36.7 Å². The highest BCUT2D eigenvalue weighted by atomic mass is 35.5. The lowest BCUT2D eigenvalue weighted by Gasteiger charge is -2.37. The van der Waals surface area contributed by atoms with Gasteiger partial charge in [-0.3, -0.25) is 4.79 Å². The van der Waals surface area contributed by atoms with E-state index in [0.29, 0.717) is 0 Å². The number of carbonyl (C=O) groups is 1. The molecule has 0 N–H and O–H groups in total. The number of nitrogens with zero attached hydrogens (tertiary/aromatic N) is 2. The van der Waals surface area contributed by atoms with Crippen LogP contribution in [-0.4, -0.2) is 42.2 Å². The Labute approximate surface area is 159 Å². The number of rotatable bonds is 5. The molecule has 1 unspecified atom stereocenters. The number of hydrogen-bond donors (Lipinski definition) is 0. The van der Waals surface area contributed by atoms with Gasteiger partial charge in [-0.25, -0.2) is 0 Å². The molecular formula is C20H23ClN2OS. The van der Waals surface area contributed by atoms with Gasteiger partial charge in [0.1, 0.15) is 0 Å². The molecule has 1 saturated heterocycles. The lowest BCUT2D eigenvalue weighted by molar-refractivity contribution is -0.130. The zero-order valence-corrected chi connectivity index (χ0v) is 16.0. The van der Waals surface area contributed by atoms with Gasteiger partial charge in [0.25, 0.3) is 0 Å². The summed E-state index contributed by atoms with van der Waals surface area (Å²) >= 11 is 7.57. The number of para-hydroxylation sites is 1. The van der Waals surface area contributed by atoms with Crippen LogP contribution in [0.2, 0.25) is 5.02 Å². The molecule has 3 nitrogen and oxygen atoms in total. The van der Waals surface area contributed by atoms with Crippen molar-refractivity contribution in [1.29, 1.82) is 0 Å². The molecule has 0 saturated carbocycles. The van der Waals surface area contributed by atoms with E-state index >= 15 is 0 Å².